The van der Waals surface area contributed by atoms with E-state index in [1.165, 1.54) is 5.56 Å². The van der Waals surface area contributed by atoms with Gasteiger partial charge in [0, 0.05) is 32.1 Å². The number of nitrogens with zero attached hydrogens (tertiary/aromatic N) is 1. The molecule has 1 heterocycles. The van der Waals surface area contributed by atoms with Crippen molar-refractivity contribution < 1.29 is 4.79 Å². The number of unbranched alkanes of at least 4 members (excludes halogenated alkanes) is 1. The van der Waals surface area contributed by atoms with Crippen LogP contribution in [0.2, 0.25) is 0 Å². The predicted octanol–water partition coefficient (Wildman–Crippen LogP) is 2.35. The van der Waals surface area contributed by atoms with E-state index in [-0.39, 0.29) is 11.9 Å². The highest BCUT2D eigenvalue weighted by Gasteiger charge is 2.23. The molecule has 1 unspecified atom stereocenters. The quantitative estimate of drug-likeness (QED) is 0.884. The van der Waals surface area contributed by atoms with Crippen LogP contribution in [0.4, 0.5) is 0 Å². The van der Waals surface area contributed by atoms with Gasteiger partial charge in [-0.05, 0) is 12.0 Å². The Morgan fingerprint density at radius 1 is 1.33 bits per heavy atom. The van der Waals surface area contributed by atoms with E-state index in [1.54, 1.807) is 0 Å². The summed E-state index contributed by atoms with van der Waals surface area (Å²) in [7, 11) is 0. The molecule has 98 valence electrons. The molecule has 0 bridgehead atoms. The first kappa shape index (κ1) is 13.1. The first-order valence-electron chi connectivity index (χ1n) is 6.87. The number of hydrogen-bond donors (Lipinski definition) is 1. The third-order valence-corrected chi connectivity index (χ3v) is 3.47. The van der Waals surface area contributed by atoms with Gasteiger partial charge in [-0.2, -0.15) is 0 Å². The van der Waals surface area contributed by atoms with Crippen LogP contribution >= 0.6 is 0 Å². The van der Waals surface area contributed by atoms with E-state index < -0.39 is 0 Å². The highest BCUT2D eigenvalue weighted by atomic mass is 16.2. The minimum atomic E-state index is 0.273. The van der Waals surface area contributed by atoms with Gasteiger partial charge in [-0.3, -0.25) is 4.79 Å². The lowest BCUT2D eigenvalue weighted by Gasteiger charge is -2.25. The van der Waals surface area contributed by atoms with Crippen LogP contribution in [0.25, 0.3) is 0 Å². The first-order valence-corrected chi connectivity index (χ1v) is 6.87. The lowest BCUT2D eigenvalue weighted by Crippen LogP contribution is -2.35. The van der Waals surface area contributed by atoms with E-state index >= 15 is 0 Å². The van der Waals surface area contributed by atoms with Gasteiger partial charge in [-0.1, -0.05) is 43.7 Å². The summed E-state index contributed by atoms with van der Waals surface area (Å²) < 4.78 is 0. The van der Waals surface area contributed by atoms with Gasteiger partial charge in [0.15, 0.2) is 0 Å². The molecule has 1 aromatic rings. The Balaban J connectivity index is 2.06. The van der Waals surface area contributed by atoms with Crippen molar-refractivity contribution >= 4 is 5.91 Å². The molecule has 2 rings (SSSR count). The maximum Gasteiger partial charge on any atom is 0.223 e. The van der Waals surface area contributed by atoms with E-state index in [2.05, 4.69) is 36.5 Å². The highest BCUT2D eigenvalue weighted by Crippen LogP contribution is 2.17. The zero-order valence-corrected chi connectivity index (χ0v) is 11.1. The Kier molecular flexibility index (Phi) is 4.76. The van der Waals surface area contributed by atoms with Crippen molar-refractivity contribution in [2.45, 2.75) is 32.2 Å². The van der Waals surface area contributed by atoms with E-state index in [1.807, 2.05) is 11.0 Å². The number of carbonyl (C=O) groups excluding carboxylic acids is 1. The summed E-state index contributed by atoms with van der Waals surface area (Å²) in [5.41, 5.74) is 1.27. The van der Waals surface area contributed by atoms with Crippen LogP contribution < -0.4 is 5.32 Å². The van der Waals surface area contributed by atoms with Crippen molar-refractivity contribution in [3.05, 3.63) is 35.9 Å². The van der Waals surface area contributed by atoms with Crippen LogP contribution in [-0.4, -0.2) is 30.4 Å². The molecule has 1 aromatic carbocycles. The average Bonchev–Trinajstić information content (AvgIpc) is 2.60. The van der Waals surface area contributed by atoms with Crippen LogP contribution in [-0.2, 0) is 4.79 Å². The summed E-state index contributed by atoms with van der Waals surface area (Å²) in [6.07, 6.45) is 2.84. The van der Waals surface area contributed by atoms with E-state index in [4.69, 9.17) is 0 Å². The van der Waals surface area contributed by atoms with Crippen LogP contribution in [0.15, 0.2) is 30.3 Å². The van der Waals surface area contributed by atoms with Crippen LogP contribution in [0.5, 0.6) is 0 Å². The Morgan fingerprint density at radius 2 is 2.11 bits per heavy atom. The van der Waals surface area contributed by atoms with Crippen molar-refractivity contribution in [1.29, 1.82) is 0 Å². The molecule has 3 nitrogen and oxygen atoms in total. The second kappa shape index (κ2) is 6.55. The second-order valence-corrected chi connectivity index (χ2v) is 4.86. The summed E-state index contributed by atoms with van der Waals surface area (Å²) in [5.74, 6) is 0.286. The van der Waals surface area contributed by atoms with Gasteiger partial charge in [-0.25, -0.2) is 0 Å². The summed E-state index contributed by atoms with van der Waals surface area (Å²) in [6.45, 7) is 4.62. The molecule has 0 aromatic heterocycles. The molecule has 1 aliphatic heterocycles. The van der Waals surface area contributed by atoms with Gasteiger partial charge in [0.1, 0.15) is 0 Å². The predicted molar refractivity (Wildman–Crippen MR) is 73.3 cm³/mol. The molecule has 1 N–H and O–H groups in total. The number of rotatable bonds is 4. The molecule has 3 heteroatoms. The van der Waals surface area contributed by atoms with Crippen molar-refractivity contribution in [3.8, 4) is 0 Å². The van der Waals surface area contributed by atoms with Crippen LogP contribution in [0, 0.1) is 0 Å². The van der Waals surface area contributed by atoms with E-state index in [0.29, 0.717) is 6.42 Å². The fraction of sp³-hybridized carbons (Fsp3) is 0.533. The van der Waals surface area contributed by atoms with E-state index in [0.717, 1.165) is 32.5 Å². The zero-order valence-electron chi connectivity index (χ0n) is 11.1. The van der Waals surface area contributed by atoms with Gasteiger partial charge >= 0.3 is 0 Å². The molecule has 0 aliphatic carbocycles. The van der Waals surface area contributed by atoms with Crippen molar-refractivity contribution in [3.63, 3.8) is 0 Å². The monoisotopic (exact) mass is 246 g/mol. The minimum Gasteiger partial charge on any atom is -0.341 e. The SMILES string of the molecule is CCCCN1CC(c2ccccc2)NCCC1=O. The van der Waals surface area contributed by atoms with Crippen molar-refractivity contribution in [2.24, 2.45) is 0 Å². The van der Waals surface area contributed by atoms with Gasteiger partial charge in [0.05, 0.1) is 0 Å². The molecule has 18 heavy (non-hydrogen) atoms. The fourth-order valence-electron chi connectivity index (χ4n) is 2.37. The maximum absolute atomic E-state index is 12.0. The summed E-state index contributed by atoms with van der Waals surface area (Å²) in [4.78, 5) is 14.0. The Labute approximate surface area is 109 Å². The maximum atomic E-state index is 12.0. The molecule has 1 aliphatic rings. The van der Waals surface area contributed by atoms with Gasteiger partial charge in [-0.15, -0.1) is 0 Å². The van der Waals surface area contributed by atoms with Crippen LogP contribution in [0.3, 0.4) is 0 Å². The molecule has 0 saturated carbocycles. The fourth-order valence-corrected chi connectivity index (χ4v) is 2.37. The third kappa shape index (κ3) is 3.33. The lowest BCUT2D eigenvalue weighted by molar-refractivity contribution is -0.130. The number of carbonyl (C=O) groups is 1. The Hall–Kier alpha value is -1.35. The normalized spacial score (nSPS) is 20.8. The summed E-state index contributed by atoms with van der Waals surface area (Å²) >= 11 is 0. The molecule has 1 saturated heterocycles. The smallest absolute Gasteiger partial charge is 0.223 e. The molecule has 1 atom stereocenters. The molecular formula is C15H22N2O. The first-order chi connectivity index (χ1) is 8.81. The number of benzene rings is 1. The Bertz CT molecular complexity index is 377. The van der Waals surface area contributed by atoms with Crippen LogP contribution in [0.1, 0.15) is 37.8 Å². The molecule has 0 radical (unpaired) electrons. The van der Waals surface area contributed by atoms with Gasteiger partial charge in [0.25, 0.3) is 0 Å². The van der Waals surface area contributed by atoms with Crippen molar-refractivity contribution in [1.82, 2.24) is 10.2 Å². The highest BCUT2D eigenvalue weighted by molar-refractivity contribution is 5.76. The lowest BCUT2D eigenvalue weighted by atomic mass is 10.1. The molecule has 1 amide bonds. The average molecular weight is 246 g/mol. The second-order valence-electron chi connectivity index (χ2n) is 4.86. The minimum absolute atomic E-state index is 0.273. The number of amides is 1. The summed E-state index contributed by atoms with van der Waals surface area (Å²) in [5, 5.41) is 3.47. The molecule has 0 spiro atoms. The molecule has 1 fully saturated rings. The van der Waals surface area contributed by atoms with Gasteiger partial charge < -0.3 is 10.2 Å². The number of hydrogen-bond acceptors (Lipinski definition) is 2. The van der Waals surface area contributed by atoms with E-state index in [9.17, 15) is 4.79 Å². The third-order valence-electron chi connectivity index (χ3n) is 3.47. The zero-order chi connectivity index (χ0) is 12.8. The number of nitrogens with one attached hydrogen (secondary N) is 1. The molecular weight excluding hydrogens is 224 g/mol. The topological polar surface area (TPSA) is 32.3 Å². The standard InChI is InChI=1S/C15H22N2O/c1-2-3-11-17-12-14(16-10-9-15(17)18)13-7-5-4-6-8-13/h4-8,14,16H,2-3,9-12H2,1H3. The Morgan fingerprint density at radius 3 is 2.83 bits per heavy atom. The van der Waals surface area contributed by atoms with Gasteiger partial charge in [0.2, 0.25) is 5.91 Å². The van der Waals surface area contributed by atoms with Crippen molar-refractivity contribution in [2.75, 3.05) is 19.6 Å². The summed E-state index contributed by atoms with van der Waals surface area (Å²) in [6, 6.07) is 10.7. The largest absolute Gasteiger partial charge is 0.341 e.